The Kier molecular flexibility index (Phi) is 4.70. The van der Waals surface area contributed by atoms with Crippen LogP contribution in [0.5, 0.6) is 0 Å². The summed E-state index contributed by atoms with van der Waals surface area (Å²) in [5, 5.41) is 9.18. The molecule has 1 rings (SSSR count). The first-order valence-corrected chi connectivity index (χ1v) is 6.42. The van der Waals surface area contributed by atoms with E-state index in [-0.39, 0.29) is 11.1 Å². The molecular weight excluding hydrogens is 240 g/mol. The van der Waals surface area contributed by atoms with Crippen LogP contribution >= 0.6 is 0 Å². The van der Waals surface area contributed by atoms with Crippen LogP contribution in [0.4, 0.5) is 5.82 Å². The fraction of sp³-hybridized carbons (Fsp3) is 0.467. The number of pyridine rings is 1. The van der Waals surface area contributed by atoms with Gasteiger partial charge < -0.3 is 10.0 Å². The van der Waals surface area contributed by atoms with Crippen LogP contribution in [-0.4, -0.2) is 28.1 Å². The molecule has 0 saturated carbocycles. The Morgan fingerprint density at radius 3 is 2.53 bits per heavy atom. The van der Waals surface area contributed by atoms with E-state index >= 15 is 0 Å². The first kappa shape index (κ1) is 15.2. The number of hydrogen-bond donors (Lipinski definition) is 1. The van der Waals surface area contributed by atoms with Crippen molar-refractivity contribution in [3.05, 3.63) is 36.0 Å². The zero-order chi connectivity index (χ0) is 14.6. The van der Waals surface area contributed by atoms with Crippen molar-refractivity contribution in [2.24, 2.45) is 0 Å². The number of aromatic nitrogens is 1. The minimum absolute atomic E-state index is 0.149. The Labute approximate surface area is 114 Å². The van der Waals surface area contributed by atoms with Gasteiger partial charge in [0, 0.05) is 17.8 Å². The van der Waals surface area contributed by atoms with Gasteiger partial charge in [-0.2, -0.15) is 0 Å². The third kappa shape index (κ3) is 3.81. The molecule has 1 aromatic heterocycles. The van der Waals surface area contributed by atoms with Crippen molar-refractivity contribution in [2.75, 3.05) is 11.4 Å². The molecule has 104 valence electrons. The quantitative estimate of drug-likeness (QED) is 0.828. The van der Waals surface area contributed by atoms with Gasteiger partial charge in [-0.25, -0.2) is 9.78 Å². The van der Waals surface area contributed by atoms with Gasteiger partial charge in [0.25, 0.3) is 0 Å². The van der Waals surface area contributed by atoms with Crippen molar-refractivity contribution >= 4 is 11.8 Å². The van der Waals surface area contributed by atoms with Gasteiger partial charge in [-0.3, -0.25) is 0 Å². The SMILES string of the molecule is C=CCN(c1cc(C(=O)O)cc(CC)n1)C(C)(C)C. The summed E-state index contributed by atoms with van der Waals surface area (Å²) in [6.45, 7) is 12.5. The van der Waals surface area contributed by atoms with E-state index in [1.54, 1.807) is 18.2 Å². The highest BCUT2D eigenvalue weighted by atomic mass is 16.4. The van der Waals surface area contributed by atoms with E-state index in [0.717, 1.165) is 5.69 Å². The molecule has 1 aromatic rings. The van der Waals surface area contributed by atoms with Gasteiger partial charge in [0.15, 0.2) is 0 Å². The molecule has 0 aromatic carbocycles. The number of carbonyl (C=O) groups is 1. The largest absolute Gasteiger partial charge is 0.478 e. The standard InChI is InChI=1S/C15H22N2O2/c1-6-8-17(15(3,4)5)13-10-11(14(18)19)9-12(7-2)16-13/h6,9-10H,1,7-8H2,2-5H3,(H,18,19). The van der Waals surface area contributed by atoms with E-state index in [4.69, 9.17) is 0 Å². The summed E-state index contributed by atoms with van der Waals surface area (Å²) in [6, 6.07) is 3.25. The van der Waals surface area contributed by atoms with E-state index < -0.39 is 5.97 Å². The maximum absolute atomic E-state index is 11.2. The van der Waals surface area contributed by atoms with E-state index in [1.807, 2.05) is 11.8 Å². The van der Waals surface area contributed by atoms with Gasteiger partial charge in [-0.1, -0.05) is 13.0 Å². The van der Waals surface area contributed by atoms with Gasteiger partial charge in [-0.05, 0) is 39.3 Å². The fourth-order valence-electron chi connectivity index (χ4n) is 1.85. The van der Waals surface area contributed by atoms with E-state index in [9.17, 15) is 9.90 Å². The average molecular weight is 262 g/mol. The van der Waals surface area contributed by atoms with Crippen LogP contribution in [0.15, 0.2) is 24.8 Å². The van der Waals surface area contributed by atoms with Crippen LogP contribution in [0, 0.1) is 0 Å². The minimum Gasteiger partial charge on any atom is -0.478 e. The Morgan fingerprint density at radius 2 is 2.11 bits per heavy atom. The summed E-state index contributed by atoms with van der Waals surface area (Å²) in [5.74, 6) is -0.241. The molecule has 0 saturated heterocycles. The maximum Gasteiger partial charge on any atom is 0.335 e. The van der Waals surface area contributed by atoms with Crippen LogP contribution in [0.1, 0.15) is 43.7 Å². The second-order valence-corrected chi connectivity index (χ2v) is 5.43. The molecule has 0 unspecified atom stereocenters. The third-order valence-electron chi connectivity index (χ3n) is 2.87. The van der Waals surface area contributed by atoms with Crippen molar-refractivity contribution in [3.63, 3.8) is 0 Å². The molecule has 19 heavy (non-hydrogen) atoms. The van der Waals surface area contributed by atoms with Crippen LogP contribution in [-0.2, 0) is 6.42 Å². The lowest BCUT2D eigenvalue weighted by Crippen LogP contribution is -2.42. The van der Waals surface area contributed by atoms with E-state index in [0.29, 0.717) is 18.8 Å². The molecule has 0 aliphatic carbocycles. The first-order valence-electron chi connectivity index (χ1n) is 6.42. The number of carboxylic acid groups (broad SMARTS) is 1. The summed E-state index contributed by atoms with van der Waals surface area (Å²) in [6.07, 6.45) is 2.51. The van der Waals surface area contributed by atoms with Crippen LogP contribution in [0.25, 0.3) is 0 Å². The zero-order valence-corrected chi connectivity index (χ0v) is 12.1. The summed E-state index contributed by atoms with van der Waals surface area (Å²) in [4.78, 5) is 17.8. The molecule has 0 aliphatic rings. The second-order valence-electron chi connectivity index (χ2n) is 5.43. The molecule has 0 bridgehead atoms. The lowest BCUT2D eigenvalue weighted by molar-refractivity contribution is 0.0696. The Morgan fingerprint density at radius 1 is 1.47 bits per heavy atom. The number of hydrogen-bond acceptors (Lipinski definition) is 3. The van der Waals surface area contributed by atoms with Crippen molar-refractivity contribution < 1.29 is 9.90 Å². The number of nitrogens with zero attached hydrogens (tertiary/aromatic N) is 2. The van der Waals surface area contributed by atoms with E-state index in [2.05, 4.69) is 32.3 Å². The van der Waals surface area contributed by atoms with E-state index in [1.165, 1.54) is 0 Å². The molecule has 0 aliphatic heterocycles. The van der Waals surface area contributed by atoms with Gasteiger partial charge in [0.05, 0.1) is 5.56 Å². The topological polar surface area (TPSA) is 53.4 Å². The lowest BCUT2D eigenvalue weighted by Gasteiger charge is -2.36. The van der Waals surface area contributed by atoms with Crippen molar-refractivity contribution in [3.8, 4) is 0 Å². The number of aromatic carboxylic acids is 1. The predicted octanol–water partition coefficient (Wildman–Crippen LogP) is 3.13. The molecule has 0 amide bonds. The number of aryl methyl sites for hydroxylation is 1. The fourth-order valence-corrected chi connectivity index (χ4v) is 1.85. The molecule has 0 atom stereocenters. The highest BCUT2D eigenvalue weighted by Gasteiger charge is 2.23. The summed E-state index contributed by atoms with van der Waals surface area (Å²) in [7, 11) is 0. The van der Waals surface area contributed by atoms with Gasteiger partial charge in [-0.15, -0.1) is 6.58 Å². The summed E-state index contributed by atoms with van der Waals surface area (Å²) in [5.41, 5.74) is 0.914. The van der Waals surface area contributed by atoms with Crippen LogP contribution < -0.4 is 4.90 Å². The molecule has 4 nitrogen and oxygen atoms in total. The van der Waals surface area contributed by atoms with Gasteiger partial charge in [0.1, 0.15) is 5.82 Å². The molecule has 0 fully saturated rings. The second kappa shape index (κ2) is 5.87. The molecule has 0 spiro atoms. The van der Waals surface area contributed by atoms with Crippen molar-refractivity contribution in [2.45, 2.75) is 39.7 Å². The first-order chi connectivity index (χ1) is 8.79. The Hall–Kier alpha value is -1.84. The molecule has 1 heterocycles. The number of rotatable bonds is 5. The highest BCUT2D eigenvalue weighted by Crippen LogP contribution is 2.23. The number of anilines is 1. The summed E-state index contributed by atoms with van der Waals surface area (Å²) < 4.78 is 0. The Balaban J connectivity index is 3.33. The van der Waals surface area contributed by atoms with Crippen LogP contribution in [0.2, 0.25) is 0 Å². The van der Waals surface area contributed by atoms with Crippen LogP contribution in [0.3, 0.4) is 0 Å². The molecule has 1 N–H and O–H groups in total. The normalized spacial score (nSPS) is 11.2. The van der Waals surface area contributed by atoms with Crippen molar-refractivity contribution in [1.29, 1.82) is 0 Å². The minimum atomic E-state index is -0.925. The van der Waals surface area contributed by atoms with Crippen molar-refractivity contribution in [1.82, 2.24) is 4.98 Å². The van der Waals surface area contributed by atoms with Gasteiger partial charge in [0.2, 0.25) is 0 Å². The highest BCUT2D eigenvalue weighted by molar-refractivity contribution is 5.88. The lowest BCUT2D eigenvalue weighted by atomic mass is 10.1. The smallest absolute Gasteiger partial charge is 0.335 e. The predicted molar refractivity (Wildman–Crippen MR) is 77.9 cm³/mol. The zero-order valence-electron chi connectivity index (χ0n) is 12.1. The average Bonchev–Trinajstić information content (AvgIpc) is 2.33. The Bertz CT molecular complexity index is 476. The molecule has 0 radical (unpaired) electrons. The monoisotopic (exact) mass is 262 g/mol. The molecule has 4 heteroatoms. The van der Waals surface area contributed by atoms with Gasteiger partial charge >= 0.3 is 5.97 Å². The maximum atomic E-state index is 11.2. The third-order valence-corrected chi connectivity index (χ3v) is 2.87. The number of carboxylic acids is 1. The summed E-state index contributed by atoms with van der Waals surface area (Å²) >= 11 is 0. The molecular formula is C15H22N2O2.